The van der Waals surface area contributed by atoms with Crippen LogP contribution in [0.15, 0.2) is 82.8 Å². The van der Waals surface area contributed by atoms with Crippen LogP contribution in [0.1, 0.15) is 11.1 Å². The van der Waals surface area contributed by atoms with E-state index in [9.17, 15) is 9.59 Å². The third kappa shape index (κ3) is 6.15. The Balaban J connectivity index is 1.46. The summed E-state index contributed by atoms with van der Waals surface area (Å²) < 4.78 is 0. The molecule has 0 aliphatic rings. The maximum atomic E-state index is 12.6. The zero-order valence-electron chi connectivity index (χ0n) is 18.9. The zero-order chi connectivity index (χ0) is 23.9. The molecule has 0 aliphatic carbocycles. The van der Waals surface area contributed by atoms with Gasteiger partial charge in [-0.15, -0.1) is 0 Å². The zero-order valence-corrected chi connectivity index (χ0v) is 20.5. The van der Waals surface area contributed by atoms with E-state index in [4.69, 9.17) is 9.97 Å². The van der Waals surface area contributed by atoms with Crippen molar-refractivity contribution in [3.05, 3.63) is 83.9 Å². The summed E-state index contributed by atoms with van der Waals surface area (Å²) in [5.41, 5.74) is 5.08. The van der Waals surface area contributed by atoms with Crippen molar-refractivity contribution >= 4 is 57.7 Å². The van der Waals surface area contributed by atoms with Crippen LogP contribution in [0.5, 0.6) is 0 Å². The van der Waals surface area contributed by atoms with E-state index in [0.717, 1.165) is 33.5 Å². The number of aryl methyl sites for hydroxylation is 2. The summed E-state index contributed by atoms with van der Waals surface area (Å²) in [7, 11) is 0. The van der Waals surface area contributed by atoms with Crippen molar-refractivity contribution in [1.82, 2.24) is 9.97 Å². The number of hydrogen-bond acceptors (Lipinski definition) is 6. The van der Waals surface area contributed by atoms with Crippen LogP contribution in [0, 0.1) is 13.8 Å². The summed E-state index contributed by atoms with van der Waals surface area (Å²) in [5, 5.41) is 7.15. The second-order valence-corrected chi connectivity index (χ2v) is 9.55. The fourth-order valence-corrected chi connectivity index (χ4v) is 4.92. The van der Waals surface area contributed by atoms with Crippen molar-refractivity contribution in [2.45, 2.75) is 23.9 Å². The average molecular weight is 489 g/mol. The highest BCUT2D eigenvalue weighted by Crippen LogP contribution is 2.30. The van der Waals surface area contributed by atoms with Gasteiger partial charge in [0.2, 0.25) is 11.8 Å². The number of hydrogen-bond donors (Lipinski definition) is 2. The van der Waals surface area contributed by atoms with E-state index in [2.05, 4.69) is 10.6 Å². The molecule has 0 atom stereocenters. The number of thioether (sulfide) groups is 2. The second-order valence-electron chi connectivity index (χ2n) is 7.63. The van der Waals surface area contributed by atoms with Crippen molar-refractivity contribution in [1.29, 1.82) is 0 Å². The molecule has 1 aromatic heterocycles. The first-order valence-corrected chi connectivity index (χ1v) is 12.7. The van der Waals surface area contributed by atoms with Gasteiger partial charge in [0.1, 0.15) is 10.1 Å². The van der Waals surface area contributed by atoms with Gasteiger partial charge < -0.3 is 10.6 Å². The first-order valence-electron chi connectivity index (χ1n) is 10.7. The standard InChI is InChI=1S/C26H24N4O2S2/c1-17-9-3-5-11-19(17)27-23(31)15-33-25-26(30-22-14-8-7-13-21(22)29-25)34-16-24(32)28-20-12-6-4-10-18(20)2/h3-14H,15-16H2,1-2H3,(H,27,31)(H,28,32). The first-order chi connectivity index (χ1) is 16.5. The summed E-state index contributed by atoms with van der Waals surface area (Å²) in [6.45, 7) is 3.91. The molecule has 0 saturated heterocycles. The molecule has 0 radical (unpaired) electrons. The molecule has 6 nitrogen and oxygen atoms in total. The maximum Gasteiger partial charge on any atom is 0.234 e. The highest BCUT2D eigenvalue weighted by Gasteiger charge is 2.15. The molecule has 2 N–H and O–H groups in total. The summed E-state index contributed by atoms with van der Waals surface area (Å²) in [4.78, 5) is 34.6. The van der Waals surface area contributed by atoms with Crippen LogP contribution in [-0.2, 0) is 9.59 Å². The van der Waals surface area contributed by atoms with Gasteiger partial charge in [0.05, 0.1) is 22.5 Å². The van der Waals surface area contributed by atoms with Crippen molar-refractivity contribution in [3.63, 3.8) is 0 Å². The number of aromatic nitrogens is 2. The topological polar surface area (TPSA) is 84.0 Å². The van der Waals surface area contributed by atoms with E-state index < -0.39 is 0 Å². The van der Waals surface area contributed by atoms with Gasteiger partial charge >= 0.3 is 0 Å². The van der Waals surface area contributed by atoms with E-state index in [1.54, 1.807) is 0 Å². The maximum absolute atomic E-state index is 12.6. The van der Waals surface area contributed by atoms with E-state index in [1.165, 1.54) is 23.5 Å². The van der Waals surface area contributed by atoms with Gasteiger partial charge in [0.15, 0.2) is 0 Å². The SMILES string of the molecule is Cc1ccccc1NC(=O)CSc1nc2ccccc2nc1SCC(=O)Nc1ccccc1C. The van der Waals surface area contributed by atoms with Gasteiger partial charge in [-0.25, -0.2) is 9.97 Å². The van der Waals surface area contributed by atoms with Gasteiger partial charge in [0.25, 0.3) is 0 Å². The second kappa shape index (κ2) is 11.2. The number of amides is 2. The summed E-state index contributed by atoms with van der Waals surface area (Å²) >= 11 is 2.63. The predicted octanol–water partition coefficient (Wildman–Crippen LogP) is 5.71. The molecule has 34 heavy (non-hydrogen) atoms. The third-order valence-electron chi connectivity index (χ3n) is 5.03. The molecular weight excluding hydrogens is 464 g/mol. The number of rotatable bonds is 8. The highest BCUT2D eigenvalue weighted by molar-refractivity contribution is 8.02. The van der Waals surface area contributed by atoms with Gasteiger partial charge in [-0.1, -0.05) is 72.1 Å². The molecule has 2 amide bonds. The quantitative estimate of drug-likeness (QED) is 0.309. The molecule has 0 spiro atoms. The molecule has 0 saturated carbocycles. The molecular formula is C26H24N4O2S2. The number of nitrogens with one attached hydrogen (secondary N) is 2. The van der Waals surface area contributed by atoms with Crippen LogP contribution < -0.4 is 10.6 Å². The lowest BCUT2D eigenvalue weighted by Gasteiger charge is -2.11. The molecule has 0 bridgehead atoms. The summed E-state index contributed by atoms with van der Waals surface area (Å²) in [6, 6.07) is 22.9. The lowest BCUT2D eigenvalue weighted by atomic mass is 10.2. The smallest absolute Gasteiger partial charge is 0.234 e. The molecule has 8 heteroatoms. The monoisotopic (exact) mass is 488 g/mol. The molecule has 4 rings (SSSR count). The molecule has 1 heterocycles. The van der Waals surface area contributed by atoms with E-state index in [1.807, 2.05) is 86.6 Å². The van der Waals surface area contributed by atoms with Gasteiger partial charge in [0, 0.05) is 11.4 Å². The molecule has 4 aromatic rings. The Hall–Kier alpha value is -3.36. The summed E-state index contributed by atoms with van der Waals surface area (Å²) in [6.07, 6.45) is 0. The number of carbonyl (C=O) groups excluding carboxylic acids is 2. The Morgan fingerprint density at radius 1 is 0.647 bits per heavy atom. The minimum absolute atomic E-state index is 0.123. The Kier molecular flexibility index (Phi) is 7.82. The minimum atomic E-state index is -0.123. The van der Waals surface area contributed by atoms with Crippen LogP contribution in [0.3, 0.4) is 0 Å². The fourth-order valence-electron chi connectivity index (χ4n) is 3.22. The van der Waals surface area contributed by atoms with Crippen molar-refractivity contribution < 1.29 is 9.59 Å². The number of carbonyl (C=O) groups is 2. The Labute approximate surface area is 207 Å². The van der Waals surface area contributed by atoms with Crippen LogP contribution in [-0.4, -0.2) is 33.3 Å². The van der Waals surface area contributed by atoms with E-state index in [-0.39, 0.29) is 23.3 Å². The normalized spacial score (nSPS) is 10.8. The number of fused-ring (bicyclic) bond motifs is 1. The first kappa shape index (κ1) is 23.8. The van der Waals surface area contributed by atoms with Crippen molar-refractivity contribution in [2.24, 2.45) is 0 Å². The van der Waals surface area contributed by atoms with Crippen molar-refractivity contribution in [2.75, 3.05) is 22.1 Å². The lowest BCUT2D eigenvalue weighted by molar-refractivity contribution is -0.114. The number of anilines is 2. The van der Waals surface area contributed by atoms with E-state index >= 15 is 0 Å². The fraction of sp³-hybridized carbons (Fsp3) is 0.154. The molecule has 0 aliphatic heterocycles. The van der Waals surface area contributed by atoms with Crippen LogP contribution in [0.4, 0.5) is 11.4 Å². The van der Waals surface area contributed by atoms with Gasteiger partial charge in [-0.2, -0.15) is 0 Å². The highest BCUT2D eigenvalue weighted by atomic mass is 32.2. The van der Waals surface area contributed by atoms with Gasteiger partial charge in [-0.3, -0.25) is 9.59 Å². The van der Waals surface area contributed by atoms with Crippen LogP contribution in [0.2, 0.25) is 0 Å². The lowest BCUT2D eigenvalue weighted by Crippen LogP contribution is -2.16. The number of benzene rings is 3. The Morgan fingerprint density at radius 3 is 1.44 bits per heavy atom. The van der Waals surface area contributed by atoms with Crippen molar-refractivity contribution in [3.8, 4) is 0 Å². The van der Waals surface area contributed by atoms with Crippen LogP contribution in [0.25, 0.3) is 11.0 Å². The van der Waals surface area contributed by atoms with Crippen LogP contribution >= 0.6 is 23.5 Å². The number of para-hydroxylation sites is 4. The molecule has 172 valence electrons. The molecule has 0 unspecified atom stereocenters. The molecule has 0 fully saturated rings. The van der Waals surface area contributed by atoms with E-state index in [0.29, 0.717) is 10.1 Å². The predicted molar refractivity (Wildman–Crippen MR) is 141 cm³/mol. The average Bonchev–Trinajstić information content (AvgIpc) is 2.84. The van der Waals surface area contributed by atoms with Gasteiger partial charge in [-0.05, 0) is 49.2 Å². The largest absolute Gasteiger partial charge is 0.325 e. The Bertz CT molecular complexity index is 1240. The minimum Gasteiger partial charge on any atom is -0.325 e. The molecule has 3 aromatic carbocycles. The summed E-state index contributed by atoms with van der Waals surface area (Å²) in [5.74, 6) is 0.124. The third-order valence-corrected chi connectivity index (χ3v) is 7.09. The Morgan fingerprint density at radius 2 is 1.03 bits per heavy atom. The number of nitrogens with zero attached hydrogens (tertiary/aromatic N) is 2.